The minimum atomic E-state index is -3.58. The number of sulfonamides is 1. The van der Waals surface area contributed by atoms with Crippen molar-refractivity contribution < 1.29 is 8.42 Å². The molecule has 1 atom stereocenters. The molecule has 3 N–H and O–H groups in total. The van der Waals surface area contributed by atoms with E-state index < -0.39 is 10.0 Å². The summed E-state index contributed by atoms with van der Waals surface area (Å²) in [5, 5.41) is 0. The van der Waals surface area contributed by atoms with Crippen molar-refractivity contribution in [3.8, 4) is 0 Å². The number of rotatable bonds is 4. The molecule has 6 heteroatoms. The Bertz CT molecular complexity index is 506. The number of nitrogens with one attached hydrogen (secondary N) is 1. The summed E-state index contributed by atoms with van der Waals surface area (Å²) in [5.74, 6) is 0. The van der Waals surface area contributed by atoms with E-state index in [9.17, 15) is 8.42 Å². The van der Waals surface area contributed by atoms with Gasteiger partial charge in [0.1, 0.15) is 4.90 Å². The second-order valence-electron chi connectivity index (χ2n) is 5.36. The molecule has 0 aliphatic carbocycles. The monoisotopic (exact) mass is 271 g/mol. The minimum Gasteiger partial charge on any atom is -0.325 e. The molecular formula is C12H21N3O2S. The Hall–Kier alpha value is -0.980. The zero-order valence-corrected chi connectivity index (χ0v) is 12.1. The molecule has 0 radical (unpaired) electrons. The summed E-state index contributed by atoms with van der Waals surface area (Å²) < 4.78 is 27.2. The molecule has 0 bridgehead atoms. The number of aromatic nitrogens is 1. The largest absolute Gasteiger partial charge is 0.325 e. The first-order valence-electron chi connectivity index (χ1n) is 5.85. The van der Waals surface area contributed by atoms with Crippen molar-refractivity contribution in [1.29, 1.82) is 0 Å². The third-order valence-corrected chi connectivity index (χ3v) is 4.58. The number of nitrogens with two attached hydrogens (primary N) is 1. The van der Waals surface area contributed by atoms with Gasteiger partial charge in [-0.3, -0.25) is 4.98 Å². The van der Waals surface area contributed by atoms with Gasteiger partial charge in [-0.1, -0.05) is 20.8 Å². The maximum Gasteiger partial charge on any atom is 0.242 e. The highest BCUT2D eigenvalue weighted by Crippen LogP contribution is 2.21. The molecule has 1 heterocycles. The van der Waals surface area contributed by atoms with Crippen LogP contribution < -0.4 is 10.5 Å². The van der Waals surface area contributed by atoms with Crippen LogP contribution in [0.15, 0.2) is 23.2 Å². The maximum atomic E-state index is 12.3. The third kappa shape index (κ3) is 3.51. The lowest BCUT2D eigenvalue weighted by atomic mass is 9.89. The van der Waals surface area contributed by atoms with Crippen LogP contribution in [0.25, 0.3) is 0 Å². The van der Waals surface area contributed by atoms with Gasteiger partial charge in [0.25, 0.3) is 0 Å². The van der Waals surface area contributed by atoms with Crippen LogP contribution in [0.1, 0.15) is 33.4 Å². The van der Waals surface area contributed by atoms with Gasteiger partial charge in [0, 0.05) is 18.8 Å². The summed E-state index contributed by atoms with van der Waals surface area (Å²) in [7, 11) is -3.58. The van der Waals surface area contributed by atoms with Crippen molar-refractivity contribution in [1.82, 2.24) is 9.71 Å². The van der Waals surface area contributed by atoms with E-state index in [2.05, 4.69) is 9.71 Å². The van der Waals surface area contributed by atoms with Crippen LogP contribution in [0, 0.1) is 5.41 Å². The van der Waals surface area contributed by atoms with E-state index >= 15 is 0 Å². The van der Waals surface area contributed by atoms with Crippen LogP contribution in [-0.4, -0.2) is 19.4 Å². The number of hydrogen-bond acceptors (Lipinski definition) is 4. The Morgan fingerprint density at radius 1 is 1.44 bits per heavy atom. The molecule has 0 aliphatic heterocycles. The van der Waals surface area contributed by atoms with Gasteiger partial charge in [-0.05, 0) is 24.5 Å². The zero-order valence-electron chi connectivity index (χ0n) is 11.3. The van der Waals surface area contributed by atoms with Gasteiger partial charge in [-0.2, -0.15) is 0 Å². The summed E-state index contributed by atoms with van der Waals surface area (Å²) in [6.45, 7) is 7.88. The maximum absolute atomic E-state index is 12.3. The highest BCUT2D eigenvalue weighted by Gasteiger charge is 2.27. The predicted molar refractivity (Wildman–Crippen MR) is 71.4 cm³/mol. The van der Waals surface area contributed by atoms with Crippen LogP contribution in [-0.2, 0) is 16.6 Å². The normalized spacial score (nSPS) is 14.5. The fraction of sp³-hybridized carbons (Fsp3) is 0.583. The minimum absolute atomic E-state index is 0.0982. The van der Waals surface area contributed by atoms with E-state index in [-0.39, 0.29) is 22.9 Å². The van der Waals surface area contributed by atoms with Gasteiger partial charge in [-0.15, -0.1) is 0 Å². The molecule has 0 amide bonds. The average Bonchev–Trinajstić information content (AvgIpc) is 2.27. The highest BCUT2D eigenvalue weighted by molar-refractivity contribution is 7.89. The molecular weight excluding hydrogens is 250 g/mol. The van der Waals surface area contributed by atoms with Gasteiger partial charge < -0.3 is 5.73 Å². The molecule has 1 aromatic rings. The topological polar surface area (TPSA) is 85.1 Å². The molecule has 0 aromatic carbocycles. The SMILES string of the molecule is CC(NS(=O)(=O)c1cccnc1CN)C(C)(C)C. The number of nitrogens with zero attached hydrogens (tertiary/aromatic N) is 1. The van der Waals surface area contributed by atoms with Crippen molar-refractivity contribution in [2.24, 2.45) is 11.1 Å². The molecule has 1 aromatic heterocycles. The summed E-state index contributed by atoms with van der Waals surface area (Å²) >= 11 is 0. The standard InChI is InChI=1S/C12H21N3O2S/c1-9(12(2,3)4)15-18(16,17)11-6-5-7-14-10(11)8-13/h5-7,9,15H,8,13H2,1-4H3. The lowest BCUT2D eigenvalue weighted by Crippen LogP contribution is -2.41. The first-order valence-corrected chi connectivity index (χ1v) is 7.33. The van der Waals surface area contributed by atoms with E-state index in [1.165, 1.54) is 12.3 Å². The van der Waals surface area contributed by atoms with Gasteiger partial charge in [0.05, 0.1) is 5.69 Å². The van der Waals surface area contributed by atoms with Crippen LogP contribution in [0.4, 0.5) is 0 Å². The van der Waals surface area contributed by atoms with Crippen molar-refractivity contribution in [3.63, 3.8) is 0 Å². The van der Waals surface area contributed by atoms with Crippen LogP contribution in [0.5, 0.6) is 0 Å². The molecule has 0 fully saturated rings. The van der Waals surface area contributed by atoms with E-state index in [1.807, 2.05) is 27.7 Å². The van der Waals surface area contributed by atoms with E-state index in [0.29, 0.717) is 5.69 Å². The summed E-state index contributed by atoms with van der Waals surface area (Å²) in [5.41, 5.74) is 5.74. The van der Waals surface area contributed by atoms with Gasteiger partial charge >= 0.3 is 0 Å². The number of hydrogen-bond donors (Lipinski definition) is 2. The molecule has 0 spiro atoms. The Morgan fingerprint density at radius 3 is 2.56 bits per heavy atom. The first kappa shape index (κ1) is 15.1. The second kappa shape index (κ2) is 5.34. The lowest BCUT2D eigenvalue weighted by molar-refractivity contribution is 0.317. The smallest absolute Gasteiger partial charge is 0.242 e. The van der Waals surface area contributed by atoms with Crippen molar-refractivity contribution in [2.45, 2.75) is 45.2 Å². The fourth-order valence-electron chi connectivity index (χ4n) is 1.29. The summed E-state index contributed by atoms with van der Waals surface area (Å²) in [4.78, 5) is 4.14. The van der Waals surface area contributed by atoms with E-state index in [4.69, 9.17) is 5.73 Å². The second-order valence-corrected chi connectivity index (χ2v) is 7.04. The molecule has 1 rings (SSSR count). The van der Waals surface area contributed by atoms with Crippen molar-refractivity contribution in [2.75, 3.05) is 0 Å². The van der Waals surface area contributed by atoms with Gasteiger partial charge in [0.2, 0.25) is 10.0 Å². The third-order valence-electron chi connectivity index (χ3n) is 2.96. The molecule has 0 aliphatic rings. The van der Waals surface area contributed by atoms with Crippen molar-refractivity contribution in [3.05, 3.63) is 24.0 Å². The summed E-state index contributed by atoms with van der Waals surface area (Å²) in [6, 6.07) is 2.93. The van der Waals surface area contributed by atoms with Gasteiger partial charge in [-0.25, -0.2) is 13.1 Å². The quantitative estimate of drug-likeness (QED) is 0.863. The predicted octanol–water partition coefficient (Wildman–Crippen LogP) is 1.25. The Labute approximate surface area is 109 Å². The molecule has 102 valence electrons. The molecule has 0 saturated heterocycles. The Kier molecular flexibility index (Phi) is 4.47. The first-order chi connectivity index (χ1) is 8.18. The molecule has 0 saturated carbocycles. The van der Waals surface area contributed by atoms with Crippen LogP contribution in [0.2, 0.25) is 0 Å². The van der Waals surface area contributed by atoms with Crippen LogP contribution in [0.3, 0.4) is 0 Å². The Balaban J connectivity index is 3.08. The zero-order chi connectivity index (χ0) is 14.0. The van der Waals surface area contributed by atoms with Crippen molar-refractivity contribution >= 4 is 10.0 Å². The summed E-state index contributed by atoms with van der Waals surface area (Å²) in [6.07, 6.45) is 1.54. The van der Waals surface area contributed by atoms with E-state index in [1.54, 1.807) is 6.07 Å². The highest BCUT2D eigenvalue weighted by atomic mass is 32.2. The molecule has 5 nitrogen and oxygen atoms in total. The van der Waals surface area contributed by atoms with E-state index in [0.717, 1.165) is 0 Å². The fourth-order valence-corrected chi connectivity index (χ4v) is 2.94. The molecule has 18 heavy (non-hydrogen) atoms. The average molecular weight is 271 g/mol. The number of pyridine rings is 1. The lowest BCUT2D eigenvalue weighted by Gasteiger charge is -2.28. The van der Waals surface area contributed by atoms with Crippen LogP contribution >= 0.6 is 0 Å². The van der Waals surface area contributed by atoms with Gasteiger partial charge in [0.15, 0.2) is 0 Å². The molecule has 1 unspecified atom stereocenters. The Morgan fingerprint density at radius 2 is 2.06 bits per heavy atom.